The zero-order valence-corrected chi connectivity index (χ0v) is 7.56. The van der Waals surface area contributed by atoms with Crippen molar-refractivity contribution in [3.63, 3.8) is 0 Å². The van der Waals surface area contributed by atoms with E-state index in [1.807, 2.05) is 42.7 Å². The molecule has 0 fully saturated rings. The second-order valence-corrected chi connectivity index (χ2v) is 1.91. The molecule has 2 heterocycles. The molecule has 2 aromatic heterocycles. The normalized spacial score (nSPS) is 6.77. The van der Waals surface area contributed by atoms with Gasteiger partial charge < -0.3 is 17.3 Å². The summed E-state index contributed by atoms with van der Waals surface area (Å²) in [6.07, 6.45) is 7.25. The molecule has 7 N–H and O–H groups in total. The summed E-state index contributed by atoms with van der Waals surface area (Å²) in [5, 5.41) is 0. The quantitative estimate of drug-likeness (QED) is 0.580. The predicted octanol–water partition coefficient (Wildman–Crippen LogP) is 2.42. The average Bonchev–Trinajstić information content (AvgIpc) is 2.64. The van der Waals surface area contributed by atoms with Crippen LogP contribution in [-0.4, -0.2) is 9.97 Å². The van der Waals surface area contributed by atoms with Crippen LogP contribution in [0.4, 0.5) is 0 Å². The van der Waals surface area contributed by atoms with Crippen molar-refractivity contribution >= 4 is 0 Å². The second kappa shape index (κ2) is 10.3. The molecule has 0 aliphatic rings. The third kappa shape index (κ3) is 8.25. The van der Waals surface area contributed by atoms with Crippen molar-refractivity contribution in [1.82, 2.24) is 22.3 Å². The molecule has 0 spiro atoms. The van der Waals surface area contributed by atoms with Crippen LogP contribution < -0.4 is 12.3 Å². The van der Waals surface area contributed by atoms with Gasteiger partial charge in [-0.25, -0.2) is 0 Å². The number of hydrogen-bond acceptors (Lipinski definition) is 3. The van der Waals surface area contributed by atoms with E-state index in [4.69, 9.17) is 0 Å². The van der Waals surface area contributed by atoms with Crippen molar-refractivity contribution in [2.45, 2.75) is 0 Å². The number of aromatic amines is 1. The number of nitrogens with one attached hydrogen (secondary N) is 1. The first kappa shape index (κ1) is 13.9. The summed E-state index contributed by atoms with van der Waals surface area (Å²) in [5.74, 6) is 0. The molecule has 72 valence electrons. The Hall–Kier alpha value is -1.65. The van der Waals surface area contributed by atoms with Gasteiger partial charge in [-0.1, -0.05) is 6.07 Å². The van der Waals surface area contributed by atoms with E-state index in [1.54, 1.807) is 12.4 Å². The standard InChI is InChI=1S/C5H5N.C4H5N.2H3N/c1-2-4-6-5-3-1;1-2-4-5-3-1;;/h1-5H;1-5H;2*1H3. The highest BCUT2D eigenvalue weighted by Gasteiger charge is 1.58. The van der Waals surface area contributed by atoms with Crippen LogP contribution in [0.15, 0.2) is 55.1 Å². The van der Waals surface area contributed by atoms with Gasteiger partial charge in [-0.3, -0.25) is 4.98 Å². The van der Waals surface area contributed by atoms with Crippen LogP contribution in [0.2, 0.25) is 0 Å². The van der Waals surface area contributed by atoms with Gasteiger partial charge in [0.15, 0.2) is 0 Å². The molecule has 0 radical (unpaired) electrons. The summed E-state index contributed by atoms with van der Waals surface area (Å²) in [7, 11) is 0. The van der Waals surface area contributed by atoms with Gasteiger partial charge in [-0.15, -0.1) is 0 Å². The minimum absolute atomic E-state index is 0. The van der Waals surface area contributed by atoms with Crippen LogP contribution in [0, 0.1) is 0 Å². The average molecular weight is 180 g/mol. The predicted molar refractivity (Wildman–Crippen MR) is 55.1 cm³/mol. The molecule has 4 heteroatoms. The van der Waals surface area contributed by atoms with Crippen molar-refractivity contribution in [3.05, 3.63) is 55.1 Å². The van der Waals surface area contributed by atoms with E-state index in [2.05, 4.69) is 9.97 Å². The first-order chi connectivity index (χ1) is 5.50. The summed E-state index contributed by atoms with van der Waals surface area (Å²) in [5.41, 5.74) is 0. The topological polar surface area (TPSA) is 98.7 Å². The number of aromatic nitrogens is 2. The third-order valence-electron chi connectivity index (χ3n) is 1.06. The number of nitrogens with zero attached hydrogens (tertiary/aromatic N) is 1. The minimum Gasteiger partial charge on any atom is -0.368 e. The van der Waals surface area contributed by atoms with Crippen molar-refractivity contribution in [2.75, 3.05) is 0 Å². The maximum absolute atomic E-state index is 3.78. The van der Waals surface area contributed by atoms with E-state index in [-0.39, 0.29) is 12.3 Å². The van der Waals surface area contributed by atoms with Crippen molar-refractivity contribution in [1.29, 1.82) is 0 Å². The van der Waals surface area contributed by atoms with Crippen LogP contribution >= 0.6 is 0 Å². The Morgan fingerprint density at radius 3 is 1.38 bits per heavy atom. The monoisotopic (exact) mass is 180 g/mol. The van der Waals surface area contributed by atoms with Gasteiger partial charge in [0.25, 0.3) is 0 Å². The molecule has 0 unspecified atom stereocenters. The Morgan fingerprint density at radius 2 is 1.23 bits per heavy atom. The Balaban J connectivity index is 0. The van der Waals surface area contributed by atoms with E-state index in [0.29, 0.717) is 0 Å². The Labute approximate surface area is 78.2 Å². The molecule has 2 aromatic rings. The molecule has 4 nitrogen and oxygen atoms in total. The van der Waals surface area contributed by atoms with Crippen LogP contribution in [-0.2, 0) is 0 Å². The molecule has 13 heavy (non-hydrogen) atoms. The Morgan fingerprint density at radius 1 is 0.692 bits per heavy atom. The minimum atomic E-state index is 0. The fourth-order valence-corrected chi connectivity index (χ4v) is 0.590. The molecule has 0 aliphatic carbocycles. The molecule has 2 rings (SSSR count). The SMILES string of the molecule is N.N.c1cc[nH]c1.c1ccncc1. The molecule has 0 aromatic carbocycles. The fraction of sp³-hybridized carbons (Fsp3) is 0. The highest BCUT2D eigenvalue weighted by atomic mass is 14.6. The lowest BCUT2D eigenvalue weighted by molar-refractivity contribution is 1.33. The Bertz CT molecular complexity index is 197. The van der Waals surface area contributed by atoms with Crippen molar-refractivity contribution in [2.24, 2.45) is 0 Å². The van der Waals surface area contributed by atoms with Gasteiger partial charge >= 0.3 is 0 Å². The van der Waals surface area contributed by atoms with Gasteiger partial charge in [0.1, 0.15) is 0 Å². The maximum Gasteiger partial charge on any atom is 0.0267 e. The van der Waals surface area contributed by atoms with Crippen LogP contribution in [0.1, 0.15) is 0 Å². The lowest BCUT2D eigenvalue weighted by atomic mass is 10.5. The smallest absolute Gasteiger partial charge is 0.0267 e. The Kier molecular flexibility index (Phi) is 11.1. The largest absolute Gasteiger partial charge is 0.368 e. The van der Waals surface area contributed by atoms with Gasteiger partial charge in [0.05, 0.1) is 0 Å². The van der Waals surface area contributed by atoms with Gasteiger partial charge in [-0.2, -0.15) is 0 Å². The number of rotatable bonds is 0. The van der Waals surface area contributed by atoms with E-state index < -0.39 is 0 Å². The molecule has 0 atom stereocenters. The number of hydrogen-bond donors (Lipinski definition) is 3. The lowest BCUT2D eigenvalue weighted by Gasteiger charge is -1.70. The van der Waals surface area contributed by atoms with Crippen molar-refractivity contribution < 1.29 is 0 Å². The summed E-state index contributed by atoms with van der Waals surface area (Å²) in [4.78, 5) is 6.65. The molecule has 0 aliphatic heterocycles. The molecule has 0 saturated carbocycles. The van der Waals surface area contributed by atoms with Crippen molar-refractivity contribution in [3.8, 4) is 0 Å². The fourth-order valence-electron chi connectivity index (χ4n) is 0.590. The van der Waals surface area contributed by atoms with Gasteiger partial charge in [0.2, 0.25) is 0 Å². The highest BCUT2D eigenvalue weighted by Crippen LogP contribution is 1.73. The number of H-pyrrole nitrogens is 1. The van der Waals surface area contributed by atoms with E-state index in [1.165, 1.54) is 0 Å². The van der Waals surface area contributed by atoms with Crippen LogP contribution in [0.3, 0.4) is 0 Å². The summed E-state index contributed by atoms with van der Waals surface area (Å²) in [6.45, 7) is 0. The van der Waals surface area contributed by atoms with Gasteiger partial charge in [-0.05, 0) is 24.3 Å². The zero-order chi connectivity index (χ0) is 7.78. The highest BCUT2D eigenvalue weighted by molar-refractivity contribution is 4.88. The van der Waals surface area contributed by atoms with E-state index in [9.17, 15) is 0 Å². The van der Waals surface area contributed by atoms with Gasteiger partial charge in [0, 0.05) is 24.8 Å². The first-order valence-electron chi connectivity index (χ1n) is 3.43. The lowest BCUT2D eigenvalue weighted by Crippen LogP contribution is -1.58. The molecular formula is C9H16N4. The zero-order valence-electron chi connectivity index (χ0n) is 7.56. The van der Waals surface area contributed by atoms with Crippen LogP contribution in [0.25, 0.3) is 0 Å². The summed E-state index contributed by atoms with van der Waals surface area (Å²) in [6, 6.07) is 9.60. The second-order valence-electron chi connectivity index (χ2n) is 1.91. The molecule has 0 saturated heterocycles. The summed E-state index contributed by atoms with van der Waals surface area (Å²) < 4.78 is 0. The molecule has 0 bridgehead atoms. The number of pyridine rings is 1. The van der Waals surface area contributed by atoms with E-state index in [0.717, 1.165) is 0 Å². The summed E-state index contributed by atoms with van der Waals surface area (Å²) >= 11 is 0. The maximum atomic E-state index is 3.78. The van der Waals surface area contributed by atoms with E-state index >= 15 is 0 Å². The first-order valence-corrected chi connectivity index (χ1v) is 3.43. The third-order valence-corrected chi connectivity index (χ3v) is 1.06. The molecule has 0 amide bonds. The van der Waals surface area contributed by atoms with Crippen LogP contribution in [0.5, 0.6) is 0 Å². The molecular weight excluding hydrogens is 164 g/mol.